The lowest BCUT2D eigenvalue weighted by atomic mass is 10.0. The first kappa shape index (κ1) is 14.3. The molecule has 0 amide bonds. The van der Waals surface area contributed by atoms with E-state index < -0.39 is 11.4 Å². The summed E-state index contributed by atoms with van der Waals surface area (Å²) in [6.07, 6.45) is 0. The number of rotatable bonds is 1. The number of benzene rings is 2. The fourth-order valence-electron chi connectivity index (χ4n) is 2.19. The molecule has 0 fully saturated rings. The molecular formula is C15H8ClFINO2. The predicted octanol–water partition coefficient (Wildman–Crippen LogP) is 4.30. The molecule has 6 heteroatoms. The lowest BCUT2D eigenvalue weighted by molar-refractivity contribution is 0.482. The summed E-state index contributed by atoms with van der Waals surface area (Å²) in [7, 11) is 0. The zero-order valence-electron chi connectivity index (χ0n) is 10.5. The number of aromatic hydroxyl groups is 1. The van der Waals surface area contributed by atoms with Crippen LogP contribution in [0.1, 0.15) is 0 Å². The van der Waals surface area contributed by atoms with Crippen molar-refractivity contribution in [2.45, 2.75) is 0 Å². The van der Waals surface area contributed by atoms with Crippen LogP contribution in [0.2, 0.25) is 5.02 Å². The Morgan fingerprint density at radius 3 is 2.67 bits per heavy atom. The number of nitrogens with one attached hydrogen (secondary N) is 1. The summed E-state index contributed by atoms with van der Waals surface area (Å²) in [4.78, 5) is 14.8. The van der Waals surface area contributed by atoms with Crippen LogP contribution in [0.3, 0.4) is 0 Å². The number of hydrogen-bond acceptors (Lipinski definition) is 2. The second-order valence-corrected chi connectivity index (χ2v) is 6.04. The highest BCUT2D eigenvalue weighted by Crippen LogP contribution is 2.35. The van der Waals surface area contributed by atoms with Crippen molar-refractivity contribution in [2.24, 2.45) is 0 Å². The summed E-state index contributed by atoms with van der Waals surface area (Å²) in [5, 5.41) is 11.3. The fourth-order valence-corrected chi connectivity index (χ4v) is 2.82. The van der Waals surface area contributed by atoms with Gasteiger partial charge in [0.15, 0.2) is 0 Å². The van der Waals surface area contributed by atoms with E-state index >= 15 is 0 Å². The van der Waals surface area contributed by atoms with E-state index in [1.807, 2.05) is 22.6 Å². The van der Waals surface area contributed by atoms with Gasteiger partial charge in [-0.3, -0.25) is 4.79 Å². The van der Waals surface area contributed by atoms with Gasteiger partial charge >= 0.3 is 0 Å². The standard InChI is InChI=1S/C15H8ClFINO2/c16-9-6-12-8(5-11(9)18)14(20)13(15(21)19-12)7-3-1-2-4-10(7)17/h1-6H,(H2,19,20,21). The number of halogens is 3. The van der Waals surface area contributed by atoms with Crippen LogP contribution in [0.15, 0.2) is 41.2 Å². The van der Waals surface area contributed by atoms with Crippen molar-refractivity contribution in [3.8, 4) is 16.9 Å². The third kappa shape index (κ3) is 2.40. The minimum Gasteiger partial charge on any atom is -0.506 e. The van der Waals surface area contributed by atoms with Gasteiger partial charge in [0.1, 0.15) is 11.6 Å². The van der Waals surface area contributed by atoms with Gasteiger partial charge in [-0.2, -0.15) is 0 Å². The molecule has 0 saturated carbocycles. The average molecular weight is 416 g/mol. The fraction of sp³-hybridized carbons (Fsp3) is 0. The van der Waals surface area contributed by atoms with Crippen LogP contribution in [-0.2, 0) is 0 Å². The van der Waals surface area contributed by atoms with Crippen molar-refractivity contribution in [3.63, 3.8) is 0 Å². The van der Waals surface area contributed by atoms with Gasteiger partial charge in [0.2, 0.25) is 0 Å². The van der Waals surface area contributed by atoms with Crippen molar-refractivity contribution < 1.29 is 9.50 Å². The number of aromatic amines is 1. The monoisotopic (exact) mass is 415 g/mol. The lowest BCUT2D eigenvalue weighted by Crippen LogP contribution is -2.10. The Hall–Kier alpha value is -1.60. The van der Waals surface area contributed by atoms with E-state index in [1.54, 1.807) is 18.2 Å². The summed E-state index contributed by atoms with van der Waals surface area (Å²) in [5.74, 6) is -0.824. The van der Waals surface area contributed by atoms with Gasteiger partial charge in [-0.1, -0.05) is 29.8 Å². The van der Waals surface area contributed by atoms with Crippen LogP contribution < -0.4 is 5.56 Å². The SMILES string of the molecule is O=c1[nH]c2cc(Cl)c(I)cc2c(O)c1-c1ccccc1F. The zero-order valence-corrected chi connectivity index (χ0v) is 13.4. The van der Waals surface area contributed by atoms with E-state index in [4.69, 9.17) is 11.6 Å². The molecule has 3 rings (SSSR count). The van der Waals surface area contributed by atoms with Crippen LogP contribution in [0, 0.1) is 9.39 Å². The van der Waals surface area contributed by atoms with Gasteiger partial charge in [-0.05, 0) is 40.8 Å². The minimum atomic E-state index is -0.568. The summed E-state index contributed by atoms with van der Waals surface area (Å²) in [6, 6.07) is 9.02. The van der Waals surface area contributed by atoms with Gasteiger partial charge < -0.3 is 10.1 Å². The van der Waals surface area contributed by atoms with E-state index in [2.05, 4.69) is 4.98 Å². The molecule has 1 aromatic heterocycles. The highest BCUT2D eigenvalue weighted by Gasteiger charge is 2.17. The quantitative estimate of drug-likeness (QED) is 0.582. The van der Waals surface area contributed by atoms with Gasteiger partial charge in [-0.15, -0.1) is 0 Å². The van der Waals surface area contributed by atoms with Crippen LogP contribution in [-0.4, -0.2) is 10.1 Å². The molecule has 0 aliphatic heterocycles. The van der Waals surface area contributed by atoms with Crippen molar-refractivity contribution in [2.75, 3.05) is 0 Å². The van der Waals surface area contributed by atoms with Crippen LogP contribution >= 0.6 is 34.2 Å². The maximum Gasteiger partial charge on any atom is 0.260 e. The molecule has 0 spiro atoms. The summed E-state index contributed by atoms with van der Waals surface area (Å²) in [5.41, 5.74) is -0.188. The molecule has 1 heterocycles. The van der Waals surface area contributed by atoms with E-state index in [9.17, 15) is 14.3 Å². The summed E-state index contributed by atoms with van der Waals surface area (Å²) < 4.78 is 14.6. The van der Waals surface area contributed by atoms with Gasteiger partial charge in [0, 0.05) is 14.5 Å². The highest BCUT2D eigenvalue weighted by atomic mass is 127. The van der Waals surface area contributed by atoms with E-state index in [-0.39, 0.29) is 16.9 Å². The summed E-state index contributed by atoms with van der Waals surface area (Å²) >= 11 is 8.02. The molecule has 0 radical (unpaired) electrons. The number of H-pyrrole nitrogens is 1. The van der Waals surface area contributed by atoms with Crippen LogP contribution in [0.4, 0.5) is 4.39 Å². The first-order valence-electron chi connectivity index (χ1n) is 5.98. The highest BCUT2D eigenvalue weighted by molar-refractivity contribution is 14.1. The second-order valence-electron chi connectivity index (χ2n) is 4.47. The third-order valence-corrected chi connectivity index (χ3v) is 4.69. The van der Waals surface area contributed by atoms with Crippen molar-refractivity contribution in [3.05, 3.63) is 61.2 Å². The number of pyridine rings is 1. The molecule has 0 aliphatic carbocycles. The smallest absolute Gasteiger partial charge is 0.260 e. The van der Waals surface area contributed by atoms with Crippen molar-refractivity contribution >= 4 is 45.1 Å². The molecule has 3 nitrogen and oxygen atoms in total. The Morgan fingerprint density at radius 2 is 1.95 bits per heavy atom. The lowest BCUT2D eigenvalue weighted by Gasteiger charge is -2.09. The Bertz CT molecular complexity index is 923. The van der Waals surface area contributed by atoms with Gasteiger partial charge in [-0.25, -0.2) is 4.39 Å². The minimum absolute atomic E-state index is 0.0584. The first-order chi connectivity index (χ1) is 9.99. The Kier molecular flexibility index (Phi) is 3.62. The largest absolute Gasteiger partial charge is 0.506 e. The van der Waals surface area contributed by atoms with Crippen LogP contribution in [0.5, 0.6) is 5.75 Å². The van der Waals surface area contributed by atoms with Crippen molar-refractivity contribution in [1.82, 2.24) is 4.98 Å². The normalized spacial score (nSPS) is 11.0. The van der Waals surface area contributed by atoms with Crippen LogP contribution in [0.25, 0.3) is 22.0 Å². The number of fused-ring (bicyclic) bond motifs is 1. The zero-order chi connectivity index (χ0) is 15.1. The number of aromatic nitrogens is 1. The molecule has 2 N–H and O–H groups in total. The second kappa shape index (κ2) is 5.31. The van der Waals surface area contributed by atoms with Gasteiger partial charge in [0.05, 0.1) is 16.1 Å². The molecule has 0 atom stereocenters. The average Bonchev–Trinajstić information content (AvgIpc) is 2.43. The topological polar surface area (TPSA) is 53.1 Å². The third-order valence-electron chi connectivity index (χ3n) is 3.17. The molecule has 2 aromatic carbocycles. The molecular weight excluding hydrogens is 408 g/mol. The molecule has 106 valence electrons. The Balaban J connectivity index is 2.43. The first-order valence-corrected chi connectivity index (χ1v) is 7.43. The molecule has 0 bridgehead atoms. The molecule has 0 saturated heterocycles. The van der Waals surface area contributed by atoms with Gasteiger partial charge in [0.25, 0.3) is 5.56 Å². The maximum atomic E-state index is 13.9. The number of hydrogen-bond donors (Lipinski definition) is 2. The van der Waals surface area contributed by atoms with E-state index in [0.29, 0.717) is 15.9 Å². The molecule has 21 heavy (non-hydrogen) atoms. The van der Waals surface area contributed by atoms with E-state index in [0.717, 1.165) is 3.57 Å². The molecule has 0 unspecified atom stereocenters. The molecule has 0 aliphatic rings. The molecule has 3 aromatic rings. The van der Waals surface area contributed by atoms with Crippen molar-refractivity contribution in [1.29, 1.82) is 0 Å². The summed E-state index contributed by atoms with van der Waals surface area (Å²) in [6.45, 7) is 0. The Morgan fingerprint density at radius 1 is 1.24 bits per heavy atom. The Labute approximate surface area is 137 Å². The predicted molar refractivity (Wildman–Crippen MR) is 89.4 cm³/mol. The van der Waals surface area contributed by atoms with E-state index in [1.165, 1.54) is 18.2 Å². The maximum absolute atomic E-state index is 13.9.